The molecule has 112 valence electrons. The molecule has 6 heteroatoms. The SMILES string of the molecule is CCSc1ccc(C(=O)C2C(=O)CCCC2=O)c(Cl)c1Cl. The summed E-state index contributed by atoms with van der Waals surface area (Å²) < 4.78 is 0. The van der Waals surface area contributed by atoms with E-state index in [2.05, 4.69) is 0 Å². The van der Waals surface area contributed by atoms with Crippen molar-refractivity contribution in [3.8, 4) is 0 Å². The second kappa shape index (κ2) is 6.95. The number of carbonyl (C=O) groups excluding carboxylic acids is 3. The summed E-state index contributed by atoms with van der Waals surface area (Å²) in [7, 11) is 0. The van der Waals surface area contributed by atoms with Crippen LogP contribution in [0, 0.1) is 5.92 Å². The smallest absolute Gasteiger partial charge is 0.182 e. The number of hydrogen-bond acceptors (Lipinski definition) is 4. The molecule has 0 aromatic heterocycles. The van der Waals surface area contributed by atoms with Gasteiger partial charge < -0.3 is 0 Å². The summed E-state index contributed by atoms with van der Waals surface area (Å²) in [5.41, 5.74) is 0.149. The molecule has 0 radical (unpaired) electrons. The molecule has 1 aliphatic carbocycles. The minimum absolute atomic E-state index is 0.117. The molecule has 0 aliphatic heterocycles. The third kappa shape index (κ3) is 3.33. The van der Waals surface area contributed by atoms with Crippen LogP contribution in [0.25, 0.3) is 0 Å². The molecule has 2 rings (SSSR count). The first-order valence-corrected chi connectivity index (χ1v) is 8.42. The quantitative estimate of drug-likeness (QED) is 0.466. The van der Waals surface area contributed by atoms with Crippen LogP contribution in [0.3, 0.4) is 0 Å². The number of ketones is 3. The average molecular weight is 345 g/mol. The minimum Gasteiger partial charge on any atom is -0.298 e. The van der Waals surface area contributed by atoms with Gasteiger partial charge in [0.25, 0.3) is 0 Å². The van der Waals surface area contributed by atoms with E-state index < -0.39 is 11.7 Å². The first-order chi connectivity index (χ1) is 9.97. The van der Waals surface area contributed by atoms with Crippen molar-refractivity contribution in [1.29, 1.82) is 0 Å². The van der Waals surface area contributed by atoms with Crippen molar-refractivity contribution in [2.45, 2.75) is 31.1 Å². The van der Waals surface area contributed by atoms with E-state index in [9.17, 15) is 14.4 Å². The lowest BCUT2D eigenvalue weighted by Gasteiger charge is -2.19. The zero-order chi connectivity index (χ0) is 15.6. The third-order valence-electron chi connectivity index (χ3n) is 3.36. The molecule has 1 aromatic carbocycles. The van der Waals surface area contributed by atoms with Crippen molar-refractivity contribution in [3.63, 3.8) is 0 Å². The van der Waals surface area contributed by atoms with Gasteiger partial charge in [-0.05, 0) is 24.3 Å². The molecule has 1 aliphatic rings. The summed E-state index contributed by atoms with van der Waals surface area (Å²) in [5.74, 6) is -1.57. The summed E-state index contributed by atoms with van der Waals surface area (Å²) in [6.45, 7) is 1.98. The van der Waals surface area contributed by atoms with Gasteiger partial charge in [0.2, 0.25) is 0 Å². The molecule has 1 saturated carbocycles. The van der Waals surface area contributed by atoms with Crippen LogP contribution >= 0.6 is 35.0 Å². The molecule has 0 heterocycles. The molecule has 0 spiro atoms. The molecule has 0 atom stereocenters. The van der Waals surface area contributed by atoms with Crippen LogP contribution in [-0.4, -0.2) is 23.1 Å². The van der Waals surface area contributed by atoms with Crippen LogP contribution in [0.5, 0.6) is 0 Å². The summed E-state index contributed by atoms with van der Waals surface area (Å²) >= 11 is 13.8. The summed E-state index contributed by atoms with van der Waals surface area (Å²) in [5, 5.41) is 0.413. The monoisotopic (exact) mass is 344 g/mol. The number of benzene rings is 1. The van der Waals surface area contributed by atoms with Gasteiger partial charge in [-0.3, -0.25) is 14.4 Å². The summed E-state index contributed by atoms with van der Waals surface area (Å²) in [4.78, 5) is 37.0. The largest absolute Gasteiger partial charge is 0.298 e. The second-order valence-electron chi connectivity index (χ2n) is 4.76. The van der Waals surface area contributed by atoms with Crippen molar-refractivity contribution in [2.24, 2.45) is 5.92 Å². The van der Waals surface area contributed by atoms with Crippen LogP contribution in [0.2, 0.25) is 10.0 Å². The summed E-state index contributed by atoms with van der Waals surface area (Å²) in [6, 6.07) is 3.25. The number of rotatable bonds is 4. The molecule has 0 saturated heterocycles. The van der Waals surface area contributed by atoms with E-state index in [0.717, 1.165) is 10.6 Å². The molecule has 0 N–H and O–H groups in total. The highest BCUT2D eigenvalue weighted by atomic mass is 35.5. The highest BCUT2D eigenvalue weighted by molar-refractivity contribution is 7.99. The second-order valence-corrected chi connectivity index (χ2v) is 6.82. The van der Waals surface area contributed by atoms with Crippen molar-refractivity contribution in [3.05, 3.63) is 27.7 Å². The third-order valence-corrected chi connectivity index (χ3v) is 5.30. The standard InChI is InChI=1S/C15H14Cl2O3S/c1-2-21-11-7-6-8(13(16)14(11)17)15(20)12-9(18)4-3-5-10(12)19/h6-7,12H,2-5H2,1H3. The number of hydrogen-bond donors (Lipinski definition) is 0. The van der Waals surface area contributed by atoms with E-state index in [1.165, 1.54) is 11.8 Å². The van der Waals surface area contributed by atoms with Crippen molar-refractivity contribution >= 4 is 52.3 Å². The fourth-order valence-corrected chi connectivity index (χ4v) is 3.69. The Labute approximate surface area is 137 Å². The van der Waals surface area contributed by atoms with Gasteiger partial charge in [0.15, 0.2) is 17.3 Å². The maximum absolute atomic E-state index is 12.5. The Hall–Kier alpha value is -0.840. The molecular weight excluding hydrogens is 331 g/mol. The molecule has 0 amide bonds. The van der Waals surface area contributed by atoms with Crippen molar-refractivity contribution in [1.82, 2.24) is 0 Å². The molecule has 21 heavy (non-hydrogen) atoms. The van der Waals surface area contributed by atoms with Crippen molar-refractivity contribution in [2.75, 3.05) is 5.75 Å². The Balaban J connectivity index is 2.37. The predicted molar refractivity (Wildman–Crippen MR) is 84.5 cm³/mol. The number of halogens is 2. The van der Waals surface area contributed by atoms with Gasteiger partial charge in [-0.15, -0.1) is 11.8 Å². The average Bonchev–Trinajstić information content (AvgIpc) is 2.44. The molecule has 3 nitrogen and oxygen atoms in total. The normalized spacial score (nSPS) is 16.3. The Bertz CT molecular complexity index is 597. The van der Waals surface area contributed by atoms with Gasteiger partial charge in [-0.2, -0.15) is 0 Å². The van der Waals surface area contributed by atoms with Crippen LogP contribution in [0.1, 0.15) is 36.5 Å². The molecule has 0 unspecified atom stereocenters. The Morgan fingerprint density at radius 2 is 1.81 bits per heavy atom. The lowest BCUT2D eigenvalue weighted by atomic mass is 9.81. The van der Waals surface area contributed by atoms with E-state index in [1.807, 2.05) is 6.92 Å². The molecule has 0 bridgehead atoms. The Morgan fingerprint density at radius 3 is 2.38 bits per heavy atom. The first-order valence-electron chi connectivity index (χ1n) is 6.67. The highest BCUT2D eigenvalue weighted by Crippen LogP contribution is 2.37. The van der Waals surface area contributed by atoms with Crippen LogP contribution in [0.15, 0.2) is 17.0 Å². The maximum Gasteiger partial charge on any atom is 0.182 e. The van der Waals surface area contributed by atoms with E-state index in [-0.39, 0.29) is 35.0 Å². The lowest BCUT2D eigenvalue weighted by molar-refractivity contribution is -0.133. The van der Waals surface area contributed by atoms with Crippen molar-refractivity contribution < 1.29 is 14.4 Å². The van der Waals surface area contributed by atoms with Gasteiger partial charge in [0, 0.05) is 23.3 Å². The zero-order valence-corrected chi connectivity index (χ0v) is 13.8. The highest BCUT2D eigenvalue weighted by Gasteiger charge is 2.37. The van der Waals surface area contributed by atoms with Gasteiger partial charge in [-0.1, -0.05) is 30.1 Å². The van der Waals surface area contributed by atoms with E-state index >= 15 is 0 Å². The summed E-state index contributed by atoms with van der Waals surface area (Å²) in [6.07, 6.45) is 1.04. The number of Topliss-reactive ketones (excluding diaryl/α,β-unsaturated/α-hetero) is 3. The van der Waals surface area contributed by atoms with E-state index in [0.29, 0.717) is 11.4 Å². The van der Waals surface area contributed by atoms with Crippen LogP contribution in [-0.2, 0) is 9.59 Å². The number of carbonyl (C=O) groups is 3. The fraction of sp³-hybridized carbons (Fsp3) is 0.400. The first kappa shape index (κ1) is 16.5. The number of thioether (sulfide) groups is 1. The fourth-order valence-electron chi connectivity index (χ4n) is 2.34. The van der Waals surface area contributed by atoms with Gasteiger partial charge >= 0.3 is 0 Å². The zero-order valence-electron chi connectivity index (χ0n) is 11.4. The molecule has 1 aromatic rings. The Kier molecular flexibility index (Phi) is 5.47. The topological polar surface area (TPSA) is 51.2 Å². The van der Waals surface area contributed by atoms with Crippen LogP contribution < -0.4 is 0 Å². The van der Waals surface area contributed by atoms with E-state index in [1.54, 1.807) is 12.1 Å². The van der Waals surface area contributed by atoms with Gasteiger partial charge in [0.1, 0.15) is 5.92 Å². The molecule has 1 fully saturated rings. The van der Waals surface area contributed by atoms with E-state index in [4.69, 9.17) is 23.2 Å². The van der Waals surface area contributed by atoms with Gasteiger partial charge in [0.05, 0.1) is 10.0 Å². The predicted octanol–water partition coefficient (Wildman–Crippen LogP) is 4.23. The van der Waals surface area contributed by atoms with Gasteiger partial charge in [-0.25, -0.2) is 0 Å². The van der Waals surface area contributed by atoms with Crippen LogP contribution in [0.4, 0.5) is 0 Å². The lowest BCUT2D eigenvalue weighted by Crippen LogP contribution is -2.35. The Morgan fingerprint density at radius 1 is 1.19 bits per heavy atom. The molecular formula is C15H14Cl2O3S. The maximum atomic E-state index is 12.5. The minimum atomic E-state index is -1.21.